The van der Waals surface area contributed by atoms with E-state index in [1.807, 2.05) is 36.4 Å². The van der Waals surface area contributed by atoms with E-state index in [1.54, 1.807) is 18.2 Å². The van der Waals surface area contributed by atoms with E-state index in [2.05, 4.69) is 42.4 Å². The second-order valence-electron chi connectivity index (χ2n) is 9.48. The van der Waals surface area contributed by atoms with E-state index in [4.69, 9.17) is 19.2 Å². The van der Waals surface area contributed by atoms with Gasteiger partial charge in [-0.1, -0.05) is 24.3 Å². The van der Waals surface area contributed by atoms with Crippen LogP contribution in [0.5, 0.6) is 11.8 Å². The van der Waals surface area contributed by atoms with Crippen molar-refractivity contribution in [1.82, 2.24) is 19.9 Å². The molecule has 3 aliphatic rings. The molecule has 0 aliphatic carbocycles. The molecule has 0 atom stereocenters. The number of benzene rings is 2. The lowest BCUT2D eigenvalue weighted by atomic mass is 10.2. The van der Waals surface area contributed by atoms with Crippen molar-refractivity contribution in [3.63, 3.8) is 0 Å². The highest BCUT2D eigenvalue weighted by molar-refractivity contribution is 14.1. The van der Waals surface area contributed by atoms with Crippen LogP contribution in [-0.4, -0.2) is 83.6 Å². The van der Waals surface area contributed by atoms with Crippen LogP contribution in [0.25, 0.3) is 6.08 Å². The molecule has 3 aromatic rings. The molecular weight excluding hydrogens is 659 g/mol. The summed E-state index contributed by atoms with van der Waals surface area (Å²) in [5.74, 6) is 1.35. The number of nitrogens with zero attached hydrogens (tertiary/aromatic N) is 6. The summed E-state index contributed by atoms with van der Waals surface area (Å²) in [5, 5.41) is -0.276. The number of halogens is 1. The number of rotatable bonds is 7. The Morgan fingerprint density at radius 1 is 0.829 bits per heavy atom. The third-order valence-corrected chi connectivity index (χ3v) is 8.32. The molecule has 2 aromatic carbocycles. The molecule has 0 bridgehead atoms. The predicted octanol–water partition coefficient (Wildman–Crippen LogP) is 4.18. The SMILES string of the molecule is O=C1S/C(=C\c2ccc(Oc3nc(N4CCOCC4)nc(N4CCOCC4)n3)cc2)C(=O)N1Cc1ccc(I)cc1. The van der Waals surface area contributed by atoms with Crippen LogP contribution in [0.2, 0.25) is 0 Å². The summed E-state index contributed by atoms with van der Waals surface area (Å²) in [5.41, 5.74) is 1.68. The van der Waals surface area contributed by atoms with Crippen molar-refractivity contribution in [3.8, 4) is 11.8 Å². The van der Waals surface area contributed by atoms with Gasteiger partial charge in [-0.05, 0) is 75.8 Å². The van der Waals surface area contributed by atoms with Crippen LogP contribution in [0, 0.1) is 3.57 Å². The maximum absolute atomic E-state index is 13.0. The van der Waals surface area contributed by atoms with Gasteiger partial charge in [0.2, 0.25) is 11.9 Å². The van der Waals surface area contributed by atoms with E-state index in [-0.39, 0.29) is 23.7 Å². The molecule has 3 aliphatic heterocycles. The first-order valence-corrected chi connectivity index (χ1v) is 15.1. The molecule has 6 rings (SSSR count). The molecule has 2 amide bonds. The number of imide groups is 1. The molecule has 3 fully saturated rings. The first kappa shape index (κ1) is 27.9. The van der Waals surface area contributed by atoms with Crippen LogP contribution in [-0.2, 0) is 20.8 Å². The van der Waals surface area contributed by atoms with Gasteiger partial charge in [0, 0.05) is 29.7 Å². The number of thioether (sulfide) groups is 1. The molecule has 0 N–H and O–H groups in total. The number of hydrogen-bond acceptors (Lipinski definition) is 11. The Labute approximate surface area is 255 Å². The first-order chi connectivity index (χ1) is 20.0. The summed E-state index contributed by atoms with van der Waals surface area (Å²) in [6.45, 7) is 5.46. The smallest absolute Gasteiger partial charge is 0.328 e. The third kappa shape index (κ3) is 6.80. The molecule has 41 heavy (non-hydrogen) atoms. The molecule has 11 nitrogen and oxygen atoms in total. The van der Waals surface area contributed by atoms with Crippen molar-refractivity contribution in [3.05, 3.63) is 68.1 Å². The summed E-state index contributed by atoms with van der Waals surface area (Å²) < 4.78 is 18.1. The molecule has 0 saturated carbocycles. The first-order valence-electron chi connectivity index (χ1n) is 13.2. The molecule has 1 aromatic heterocycles. The van der Waals surface area contributed by atoms with Crippen molar-refractivity contribution in [2.24, 2.45) is 0 Å². The summed E-state index contributed by atoms with van der Waals surface area (Å²) >= 11 is 3.17. The zero-order chi connectivity index (χ0) is 28.2. The maximum Gasteiger partial charge on any atom is 0.328 e. The fraction of sp³-hybridized carbons (Fsp3) is 0.321. The highest BCUT2D eigenvalue weighted by atomic mass is 127. The van der Waals surface area contributed by atoms with Gasteiger partial charge in [0.05, 0.1) is 37.9 Å². The Balaban J connectivity index is 1.17. The molecular formula is C28H27IN6O5S. The summed E-state index contributed by atoms with van der Waals surface area (Å²) in [6, 6.07) is 15.2. The van der Waals surface area contributed by atoms with Gasteiger partial charge in [-0.15, -0.1) is 0 Å². The van der Waals surface area contributed by atoms with E-state index in [0.29, 0.717) is 75.2 Å². The zero-order valence-corrected chi connectivity index (χ0v) is 25.0. The number of amides is 2. The topological polar surface area (TPSA) is 110 Å². The van der Waals surface area contributed by atoms with Gasteiger partial charge in [-0.25, -0.2) is 0 Å². The molecule has 13 heteroatoms. The van der Waals surface area contributed by atoms with Crippen molar-refractivity contribution in [2.75, 3.05) is 62.4 Å². The average molecular weight is 687 g/mol. The van der Waals surface area contributed by atoms with E-state index in [9.17, 15) is 9.59 Å². The highest BCUT2D eigenvalue weighted by Crippen LogP contribution is 2.34. The Morgan fingerprint density at radius 2 is 1.41 bits per heavy atom. The standard InChI is InChI=1S/C28H27IN6O5S/c29-21-5-1-20(2-6-21)18-35-24(36)23(41-28(35)37)17-19-3-7-22(8-4-19)40-27-31-25(33-9-13-38-14-10-33)30-26(32-27)34-11-15-39-16-12-34/h1-8,17H,9-16,18H2/b23-17-. The summed E-state index contributed by atoms with van der Waals surface area (Å²) in [6.07, 6.45) is 1.72. The Bertz CT molecular complexity index is 1410. The molecule has 0 unspecified atom stereocenters. The molecule has 0 spiro atoms. The zero-order valence-electron chi connectivity index (χ0n) is 22.1. The van der Waals surface area contributed by atoms with Gasteiger partial charge in [-0.2, -0.15) is 15.0 Å². The van der Waals surface area contributed by atoms with Gasteiger partial charge >= 0.3 is 6.01 Å². The fourth-order valence-corrected chi connectivity index (χ4v) is 5.69. The van der Waals surface area contributed by atoms with Crippen LogP contribution in [0.4, 0.5) is 16.7 Å². The molecule has 212 valence electrons. The summed E-state index contributed by atoms with van der Waals surface area (Å²) in [7, 11) is 0. The minimum atomic E-state index is -0.296. The van der Waals surface area contributed by atoms with Gasteiger partial charge in [0.15, 0.2) is 0 Å². The Morgan fingerprint density at radius 3 is 2.00 bits per heavy atom. The lowest BCUT2D eigenvalue weighted by Gasteiger charge is -2.30. The van der Waals surface area contributed by atoms with Crippen molar-refractivity contribution >= 4 is 63.5 Å². The number of aromatic nitrogens is 3. The summed E-state index contributed by atoms with van der Waals surface area (Å²) in [4.78, 5) is 45.2. The van der Waals surface area contributed by atoms with Crippen LogP contribution in [0.1, 0.15) is 11.1 Å². The van der Waals surface area contributed by atoms with Crippen molar-refractivity contribution in [1.29, 1.82) is 0 Å². The van der Waals surface area contributed by atoms with Gasteiger partial charge in [0.25, 0.3) is 11.1 Å². The Hall–Kier alpha value is -3.27. The molecule has 4 heterocycles. The van der Waals surface area contributed by atoms with Gasteiger partial charge in [-0.3, -0.25) is 14.5 Å². The van der Waals surface area contributed by atoms with E-state index in [1.165, 1.54) is 4.90 Å². The van der Waals surface area contributed by atoms with Crippen LogP contribution < -0.4 is 14.5 Å². The lowest BCUT2D eigenvalue weighted by Crippen LogP contribution is -2.40. The number of carbonyl (C=O) groups is 2. The van der Waals surface area contributed by atoms with Gasteiger partial charge < -0.3 is 24.0 Å². The second-order valence-corrected chi connectivity index (χ2v) is 11.7. The molecule has 0 radical (unpaired) electrons. The second kappa shape index (κ2) is 12.7. The maximum atomic E-state index is 13.0. The van der Waals surface area contributed by atoms with E-state index >= 15 is 0 Å². The monoisotopic (exact) mass is 686 g/mol. The van der Waals surface area contributed by atoms with E-state index in [0.717, 1.165) is 26.5 Å². The molecule has 3 saturated heterocycles. The Kier molecular flexibility index (Phi) is 8.64. The number of ether oxygens (including phenoxy) is 3. The van der Waals surface area contributed by atoms with Crippen LogP contribution in [0.3, 0.4) is 0 Å². The third-order valence-electron chi connectivity index (χ3n) is 6.69. The quantitative estimate of drug-likeness (QED) is 0.264. The lowest BCUT2D eigenvalue weighted by molar-refractivity contribution is -0.123. The highest BCUT2D eigenvalue weighted by Gasteiger charge is 2.35. The van der Waals surface area contributed by atoms with Gasteiger partial charge in [0.1, 0.15) is 5.75 Å². The average Bonchev–Trinajstić information content (AvgIpc) is 3.27. The van der Waals surface area contributed by atoms with Crippen molar-refractivity contribution < 1.29 is 23.8 Å². The number of morpholine rings is 2. The van der Waals surface area contributed by atoms with Crippen LogP contribution in [0.15, 0.2) is 53.4 Å². The number of carbonyl (C=O) groups excluding carboxylic acids is 2. The van der Waals surface area contributed by atoms with E-state index < -0.39 is 0 Å². The normalized spacial score (nSPS) is 18.9. The number of hydrogen-bond donors (Lipinski definition) is 0. The minimum absolute atomic E-state index is 0.201. The fourth-order valence-electron chi connectivity index (χ4n) is 4.49. The minimum Gasteiger partial charge on any atom is -0.424 e. The van der Waals surface area contributed by atoms with Crippen LogP contribution >= 0.6 is 34.4 Å². The predicted molar refractivity (Wildman–Crippen MR) is 163 cm³/mol. The van der Waals surface area contributed by atoms with Crippen molar-refractivity contribution in [2.45, 2.75) is 6.54 Å². The number of anilines is 2. The largest absolute Gasteiger partial charge is 0.424 e.